The number of hydrogen-bond acceptors (Lipinski definition) is 2. The van der Waals surface area contributed by atoms with Crippen LogP contribution in [0, 0.1) is 11.6 Å². The fourth-order valence-corrected chi connectivity index (χ4v) is 4.16. The molecule has 0 unspecified atom stereocenters. The molecule has 0 aliphatic carbocycles. The monoisotopic (exact) mass is 412 g/mol. The van der Waals surface area contributed by atoms with Crippen LogP contribution < -0.4 is 4.90 Å². The van der Waals surface area contributed by atoms with E-state index in [0.29, 0.717) is 0 Å². The van der Waals surface area contributed by atoms with Crippen LogP contribution in [-0.2, 0) is 0 Å². The van der Waals surface area contributed by atoms with Gasteiger partial charge < -0.3 is 9.80 Å². The lowest BCUT2D eigenvalue weighted by Gasteiger charge is -2.26. The van der Waals surface area contributed by atoms with Crippen molar-refractivity contribution in [2.24, 2.45) is 0 Å². The van der Waals surface area contributed by atoms with Gasteiger partial charge in [-0.15, -0.1) is 0 Å². The number of nitrogens with zero attached hydrogens (tertiary/aromatic N) is 2. The van der Waals surface area contributed by atoms with Crippen LogP contribution in [0.5, 0.6) is 0 Å². The first-order valence-electron chi connectivity index (χ1n) is 11.2. The van der Waals surface area contributed by atoms with Crippen LogP contribution in [0.1, 0.15) is 56.1 Å². The third-order valence-electron chi connectivity index (χ3n) is 5.78. The number of halogens is 2. The molecule has 0 N–H and O–H groups in total. The molecule has 1 heterocycles. The van der Waals surface area contributed by atoms with Gasteiger partial charge in [-0.2, -0.15) is 0 Å². The largest absolute Gasteiger partial charge is 0.371 e. The second-order valence-electron chi connectivity index (χ2n) is 8.49. The standard InChI is InChI=1S/C26H34F2N2/c1-29(2)17-7-5-3-4-6-8-18-30-19-9-10-24(21-11-13-22(27)14-12-21)25-16-15-23(28)20-26(25)30/h10-16,20H,3-9,17-19H2,1-2H3. The number of anilines is 1. The van der Waals surface area contributed by atoms with E-state index in [2.05, 4.69) is 30.0 Å². The van der Waals surface area contributed by atoms with Crippen molar-refractivity contribution in [3.63, 3.8) is 0 Å². The molecule has 0 saturated carbocycles. The normalized spacial score (nSPS) is 13.9. The van der Waals surface area contributed by atoms with E-state index in [1.54, 1.807) is 18.2 Å². The Morgan fingerprint density at radius 3 is 2.23 bits per heavy atom. The summed E-state index contributed by atoms with van der Waals surface area (Å²) in [4.78, 5) is 4.56. The smallest absolute Gasteiger partial charge is 0.125 e. The molecule has 30 heavy (non-hydrogen) atoms. The first-order chi connectivity index (χ1) is 14.5. The van der Waals surface area contributed by atoms with Crippen LogP contribution >= 0.6 is 0 Å². The maximum atomic E-state index is 14.1. The second kappa shape index (κ2) is 11.3. The third-order valence-corrected chi connectivity index (χ3v) is 5.78. The van der Waals surface area contributed by atoms with Gasteiger partial charge in [0.15, 0.2) is 0 Å². The van der Waals surface area contributed by atoms with Crippen LogP contribution in [0.15, 0.2) is 48.5 Å². The Kier molecular flexibility index (Phi) is 8.44. The third kappa shape index (κ3) is 6.40. The summed E-state index contributed by atoms with van der Waals surface area (Å²) in [6.45, 7) is 2.99. The Hall–Kier alpha value is -2.20. The van der Waals surface area contributed by atoms with Gasteiger partial charge in [0.2, 0.25) is 0 Å². The average Bonchev–Trinajstić information content (AvgIpc) is 2.89. The van der Waals surface area contributed by atoms with E-state index in [4.69, 9.17) is 0 Å². The van der Waals surface area contributed by atoms with Crippen LogP contribution in [-0.4, -0.2) is 38.6 Å². The highest BCUT2D eigenvalue weighted by atomic mass is 19.1. The van der Waals surface area contributed by atoms with Gasteiger partial charge in [0, 0.05) is 24.3 Å². The van der Waals surface area contributed by atoms with Gasteiger partial charge in [-0.1, -0.05) is 43.9 Å². The number of hydrogen-bond donors (Lipinski definition) is 0. The van der Waals surface area contributed by atoms with Crippen molar-refractivity contribution < 1.29 is 8.78 Å². The van der Waals surface area contributed by atoms with Crippen LogP contribution in [0.4, 0.5) is 14.5 Å². The van der Waals surface area contributed by atoms with E-state index in [0.717, 1.165) is 48.3 Å². The van der Waals surface area contributed by atoms with Gasteiger partial charge in [-0.05, 0) is 81.4 Å². The van der Waals surface area contributed by atoms with Gasteiger partial charge in [0.05, 0.1) is 0 Å². The predicted octanol–water partition coefficient (Wildman–Crippen LogP) is 6.51. The molecule has 0 saturated heterocycles. The molecule has 2 aromatic carbocycles. The Morgan fingerprint density at radius 2 is 1.50 bits per heavy atom. The van der Waals surface area contributed by atoms with Gasteiger partial charge >= 0.3 is 0 Å². The molecule has 0 amide bonds. The number of rotatable bonds is 10. The Labute approximate surface area is 180 Å². The van der Waals surface area contributed by atoms with Crippen molar-refractivity contribution in [1.29, 1.82) is 0 Å². The highest BCUT2D eigenvalue weighted by Gasteiger charge is 2.19. The van der Waals surface area contributed by atoms with E-state index in [1.165, 1.54) is 56.8 Å². The highest BCUT2D eigenvalue weighted by molar-refractivity contribution is 5.87. The highest BCUT2D eigenvalue weighted by Crippen LogP contribution is 2.35. The lowest BCUT2D eigenvalue weighted by atomic mass is 9.96. The minimum Gasteiger partial charge on any atom is -0.371 e. The zero-order valence-electron chi connectivity index (χ0n) is 18.3. The minimum absolute atomic E-state index is 0.208. The molecular formula is C26H34F2N2. The summed E-state index contributed by atoms with van der Waals surface area (Å²) in [7, 11) is 4.25. The molecule has 162 valence electrons. The number of fused-ring (bicyclic) bond motifs is 1. The fraction of sp³-hybridized carbons (Fsp3) is 0.462. The molecule has 0 atom stereocenters. The number of unbranched alkanes of at least 4 members (excludes halogenated alkanes) is 5. The number of benzene rings is 2. The summed E-state index contributed by atoms with van der Waals surface area (Å²) in [5.74, 6) is -0.448. The summed E-state index contributed by atoms with van der Waals surface area (Å²) in [6, 6.07) is 11.6. The van der Waals surface area contributed by atoms with Crippen molar-refractivity contribution in [2.75, 3.05) is 38.6 Å². The molecule has 0 bridgehead atoms. The van der Waals surface area contributed by atoms with E-state index in [1.807, 2.05) is 6.07 Å². The molecular weight excluding hydrogens is 378 g/mol. The molecule has 0 radical (unpaired) electrons. The first kappa shape index (κ1) is 22.5. The summed E-state index contributed by atoms with van der Waals surface area (Å²) < 4.78 is 27.5. The maximum Gasteiger partial charge on any atom is 0.125 e. The van der Waals surface area contributed by atoms with Crippen LogP contribution in [0.3, 0.4) is 0 Å². The predicted molar refractivity (Wildman–Crippen MR) is 123 cm³/mol. The summed E-state index contributed by atoms with van der Waals surface area (Å²) in [6.07, 6.45) is 10.5. The summed E-state index contributed by atoms with van der Waals surface area (Å²) >= 11 is 0. The zero-order valence-corrected chi connectivity index (χ0v) is 18.3. The van der Waals surface area contributed by atoms with Gasteiger partial charge in [-0.25, -0.2) is 8.78 Å². The fourth-order valence-electron chi connectivity index (χ4n) is 4.16. The van der Waals surface area contributed by atoms with Crippen molar-refractivity contribution in [2.45, 2.75) is 44.9 Å². The van der Waals surface area contributed by atoms with E-state index >= 15 is 0 Å². The van der Waals surface area contributed by atoms with Crippen molar-refractivity contribution in [1.82, 2.24) is 4.90 Å². The molecule has 4 heteroatoms. The molecule has 0 fully saturated rings. The van der Waals surface area contributed by atoms with E-state index in [9.17, 15) is 8.78 Å². The Balaban J connectivity index is 1.61. The van der Waals surface area contributed by atoms with Gasteiger partial charge in [0.25, 0.3) is 0 Å². The minimum atomic E-state index is -0.240. The van der Waals surface area contributed by atoms with E-state index in [-0.39, 0.29) is 11.6 Å². The SMILES string of the molecule is CN(C)CCCCCCCCN1CCC=C(c2ccc(F)cc2)c2ccc(F)cc21. The van der Waals surface area contributed by atoms with Gasteiger partial charge in [0.1, 0.15) is 11.6 Å². The topological polar surface area (TPSA) is 6.48 Å². The summed E-state index contributed by atoms with van der Waals surface area (Å²) in [5.41, 5.74) is 4.02. The Morgan fingerprint density at radius 1 is 0.833 bits per heavy atom. The second-order valence-corrected chi connectivity index (χ2v) is 8.49. The van der Waals surface area contributed by atoms with Crippen molar-refractivity contribution in [3.05, 3.63) is 71.3 Å². The molecule has 0 aromatic heterocycles. The molecule has 0 spiro atoms. The molecule has 1 aliphatic rings. The maximum absolute atomic E-state index is 14.1. The average molecular weight is 413 g/mol. The molecule has 1 aliphatic heterocycles. The molecule has 2 aromatic rings. The van der Waals surface area contributed by atoms with Crippen molar-refractivity contribution in [3.8, 4) is 0 Å². The van der Waals surface area contributed by atoms with Crippen molar-refractivity contribution >= 4 is 11.3 Å². The first-order valence-corrected chi connectivity index (χ1v) is 11.2. The summed E-state index contributed by atoms with van der Waals surface area (Å²) in [5, 5.41) is 0. The molecule has 2 nitrogen and oxygen atoms in total. The van der Waals surface area contributed by atoms with Gasteiger partial charge in [-0.3, -0.25) is 0 Å². The lowest BCUT2D eigenvalue weighted by Crippen LogP contribution is -2.25. The van der Waals surface area contributed by atoms with Crippen LogP contribution in [0.25, 0.3) is 5.57 Å². The van der Waals surface area contributed by atoms with E-state index < -0.39 is 0 Å². The Bertz CT molecular complexity index is 827. The zero-order chi connectivity index (χ0) is 21.3. The molecule has 3 rings (SSSR count). The quantitative estimate of drug-likeness (QED) is 0.411. The van der Waals surface area contributed by atoms with Crippen LogP contribution in [0.2, 0.25) is 0 Å². The lowest BCUT2D eigenvalue weighted by molar-refractivity contribution is 0.389.